The summed E-state index contributed by atoms with van der Waals surface area (Å²) in [5.74, 6) is 0.0370. The molecule has 4 rings (SSSR count). The van der Waals surface area contributed by atoms with E-state index in [1.807, 2.05) is 12.1 Å². The third-order valence-corrected chi connectivity index (χ3v) is 4.47. The highest BCUT2D eigenvalue weighted by Crippen LogP contribution is 2.48. The number of fused-ring (bicyclic) bond motifs is 4. The van der Waals surface area contributed by atoms with Gasteiger partial charge in [0.05, 0.1) is 0 Å². The van der Waals surface area contributed by atoms with Crippen LogP contribution in [0.15, 0.2) is 35.9 Å². The molecule has 0 radical (unpaired) electrons. The lowest BCUT2D eigenvalue weighted by Gasteiger charge is -2.42. The predicted molar refractivity (Wildman–Crippen MR) is 67.2 cm³/mol. The monoisotopic (exact) mass is 255 g/mol. The molecule has 0 bridgehead atoms. The van der Waals surface area contributed by atoms with Crippen molar-refractivity contribution < 1.29 is 14.7 Å². The van der Waals surface area contributed by atoms with Crippen molar-refractivity contribution in [3.05, 3.63) is 47.0 Å². The molecule has 1 aliphatic carbocycles. The van der Waals surface area contributed by atoms with Gasteiger partial charge in [-0.3, -0.25) is 9.59 Å². The van der Waals surface area contributed by atoms with Crippen LogP contribution < -0.4 is 0 Å². The van der Waals surface area contributed by atoms with E-state index in [2.05, 4.69) is 0 Å². The molecule has 1 aromatic carbocycles. The number of rotatable bonds is 0. The zero-order valence-corrected chi connectivity index (χ0v) is 10.3. The molecular formula is C15H13NO3. The van der Waals surface area contributed by atoms with E-state index in [-0.39, 0.29) is 17.6 Å². The zero-order chi connectivity index (χ0) is 13.2. The van der Waals surface area contributed by atoms with Crippen LogP contribution in [0.2, 0.25) is 0 Å². The number of hydrogen-bond acceptors (Lipinski definition) is 3. The highest BCUT2D eigenvalue weighted by molar-refractivity contribution is 6.01. The first-order valence-electron chi connectivity index (χ1n) is 6.47. The predicted octanol–water partition coefficient (Wildman–Crippen LogP) is 1.21. The second-order valence-corrected chi connectivity index (χ2v) is 5.54. The quantitative estimate of drug-likeness (QED) is 0.758. The molecular weight excluding hydrogens is 242 g/mol. The number of aliphatic hydroxyl groups is 1. The Bertz CT molecular complexity index is 649. The highest BCUT2D eigenvalue weighted by Gasteiger charge is 2.53. The maximum atomic E-state index is 12.4. The number of carbonyl (C=O) groups excluding carboxylic acids is 2. The molecule has 0 spiro atoms. The Morgan fingerprint density at radius 3 is 2.89 bits per heavy atom. The summed E-state index contributed by atoms with van der Waals surface area (Å²) >= 11 is 0. The molecule has 0 saturated carbocycles. The fourth-order valence-corrected chi connectivity index (χ4v) is 3.56. The Hall–Kier alpha value is -1.94. The topological polar surface area (TPSA) is 57.6 Å². The summed E-state index contributed by atoms with van der Waals surface area (Å²) in [6.45, 7) is 0.362. The standard InChI is InChI=1S/C15H13NO3/c17-11-5-9-7-15(19)13-4-2-1-3-12(13)14(18)16(15)8-10(9)6-11/h1-4,6,9,19H,5,7-8H2. The minimum absolute atomic E-state index is 0.0766. The molecule has 1 fully saturated rings. The lowest BCUT2D eigenvalue weighted by atomic mass is 9.83. The van der Waals surface area contributed by atoms with E-state index >= 15 is 0 Å². The number of nitrogens with zero attached hydrogens (tertiary/aromatic N) is 1. The smallest absolute Gasteiger partial charge is 0.257 e. The fraction of sp³-hybridized carbons (Fsp3) is 0.333. The average molecular weight is 255 g/mol. The molecule has 2 atom stereocenters. The van der Waals surface area contributed by atoms with Gasteiger partial charge >= 0.3 is 0 Å². The second kappa shape index (κ2) is 3.33. The molecule has 4 nitrogen and oxygen atoms in total. The fourth-order valence-electron chi connectivity index (χ4n) is 3.56. The lowest BCUT2D eigenvalue weighted by molar-refractivity contribution is -0.118. The minimum atomic E-state index is -1.24. The van der Waals surface area contributed by atoms with Crippen molar-refractivity contribution in [2.45, 2.75) is 18.6 Å². The van der Waals surface area contributed by atoms with Crippen LogP contribution in [-0.4, -0.2) is 28.2 Å². The minimum Gasteiger partial charge on any atom is -0.367 e. The Labute approximate surface area is 110 Å². The van der Waals surface area contributed by atoms with E-state index in [0.717, 1.165) is 5.57 Å². The highest BCUT2D eigenvalue weighted by atomic mass is 16.3. The van der Waals surface area contributed by atoms with Crippen molar-refractivity contribution in [1.29, 1.82) is 0 Å². The first kappa shape index (κ1) is 10.9. The van der Waals surface area contributed by atoms with Crippen molar-refractivity contribution in [1.82, 2.24) is 4.90 Å². The molecule has 1 saturated heterocycles. The number of allylic oxidation sites excluding steroid dienone is 1. The van der Waals surface area contributed by atoms with Crippen LogP contribution in [0, 0.1) is 5.92 Å². The number of piperidine rings is 1. The van der Waals surface area contributed by atoms with Gasteiger partial charge in [-0.15, -0.1) is 0 Å². The summed E-state index contributed by atoms with van der Waals surface area (Å²) < 4.78 is 0. The van der Waals surface area contributed by atoms with Gasteiger partial charge in [0.15, 0.2) is 11.5 Å². The summed E-state index contributed by atoms with van der Waals surface area (Å²) in [6.07, 6.45) is 2.52. The molecule has 1 amide bonds. The molecule has 0 aromatic heterocycles. The summed E-state index contributed by atoms with van der Waals surface area (Å²) in [6, 6.07) is 7.20. The first-order chi connectivity index (χ1) is 9.09. The average Bonchev–Trinajstić information content (AvgIpc) is 2.84. The SMILES string of the molecule is O=C1C=C2CN3C(=O)c4ccccc4C3(O)CC2C1. The van der Waals surface area contributed by atoms with E-state index in [1.54, 1.807) is 18.2 Å². The molecule has 2 aliphatic heterocycles. The Morgan fingerprint density at radius 2 is 2.05 bits per heavy atom. The molecule has 1 N–H and O–H groups in total. The number of ketones is 1. The van der Waals surface area contributed by atoms with Crippen LogP contribution in [0.3, 0.4) is 0 Å². The van der Waals surface area contributed by atoms with Crippen LogP contribution in [0.5, 0.6) is 0 Å². The molecule has 4 heteroatoms. The summed E-state index contributed by atoms with van der Waals surface area (Å²) in [4.78, 5) is 25.4. The molecule has 19 heavy (non-hydrogen) atoms. The maximum Gasteiger partial charge on any atom is 0.257 e. The number of hydrogen-bond donors (Lipinski definition) is 1. The van der Waals surface area contributed by atoms with Gasteiger partial charge in [0.2, 0.25) is 0 Å². The van der Waals surface area contributed by atoms with Gasteiger partial charge < -0.3 is 10.0 Å². The van der Waals surface area contributed by atoms with Crippen molar-refractivity contribution in [3.63, 3.8) is 0 Å². The van der Waals surface area contributed by atoms with E-state index < -0.39 is 5.72 Å². The summed E-state index contributed by atoms with van der Waals surface area (Å²) in [7, 11) is 0. The van der Waals surface area contributed by atoms with Gasteiger partial charge in [-0.25, -0.2) is 0 Å². The van der Waals surface area contributed by atoms with Crippen LogP contribution in [0.25, 0.3) is 0 Å². The van der Waals surface area contributed by atoms with E-state index in [0.29, 0.717) is 30.5 Å². The first-order valence-corrected chi connectivity index (χ1v) is 6.47. The number of amides is 1. The van der Waals surface area contributed by atoms with Gasteiger partial charge in [0.1, 0.15) is 0 Å². The van der Waals surface area contributed by atoms with Gasteiger partial charge in [-0.05, 0) is 23.6 Å². The Morgan fingerprint density at radius 1 is 1.26 bits per heavy atom. The van der Waals surface area contributed by atoms with Gasteiger partial charge in [-0.1, -0.05) is 18.2 Å². The molecule has 2 unspecified atom stereocenters. The van der Waals surface area contributed by atoms with E-state index in [1.165, 1.54) is 4.90 Å². The van der Waals surface area contributed by atoms with Gasteiger partial charge in [0, 0.05) is 30.5 Å². The van der Waals surface area contributed by atoms with Gasteiger partial charge in [-0.2, -0.15) is 0 Å². The zero-order valence-electron chi connectivity index (χ0n) is 10.3. The number of carbonyl (C=O) groups is 2. The Kier molecular flexibility index (Phi) is 1.92. The Balaban J connectivity index is 1.85. The molecule has 1 aromatic rings. The van der Waals surface area contributed by atoms with Crippen molar-refractivity contribution in [2.24, 2.45) is 5.92 Å². The maximum absolute atomic E-state index is 12.4. The largest absolute Gasteiger partial charge is 0.367 e. The van der Waals surface area contributed by atoms with Crippen molar-refractivity contribution >= 4 is 11.7 Å². The molecule has 2 heterocycles. The third-order valence-electron chi connectivity index (χ3n) is 4.47. The van der Waals surface area contributed by atoms with E-state index in [4.69, 9.17) is 0 Å². The summed E-state index contributed by atoms with van der Waals surface area (Å²) in [5, 5.41) is 10.9. The molecule has 96 valence electrons. The van der Waals surface area contributed by atoms with Crippen LogP contribution >= 0.6 is 0 Å². The number of benzene rings is 1. The van der Waals surface area contributed by atoms with Crippen molar-refractivity contribution in [2.75, 3.05) is 6.54 Å². The van der Waals surface area contributed by atoms with Crippen LogP contribution in [0.1, 0.15) is 28.8 Å². The van der Waals surface area contributed by atoms with Gasteiger partial charge in [0.25, 0.3) is 5.91 Å². The lowest BCUT2D eigenvalue weighted by Crippen LogP contribution is -2.50. The normalized spacial score (nSPS) is 31.9. The van der Waals surface area contributed by atoms with E-state index in [9.17, 15) is 14.7 Å². The third kappa shape index (κ3) is 1.27. The van der Waals surface area contributed by atoms with Crippen LogP contribution in [0.4, 0.5) is 0 Å². The van der Waals surface area contributed by atoms with Crippen molar-refractivity contribution in [3.8, 4) is 0 Å². The summed E-state index contributed by atoms with van der Waals surface area (Å²) in [5.41, 5.74) is 1.01. The second-order valence-electron chi connectivity index (χ2n) is 5.54. The molecule has 3 aliphatic rings. The van der Waals surface area contributed by atoms with Crippen LogP contribution in [-0.2, 0) is 10.5 Å².